The van der Waals surface area contributed by atoms with Gasteiger partial charge in [0.2, 0.25) is 5.75 Å². The molecule has 0 bridgehead atoms. The van der Waals surface area contributed by atoms with Crippen molar-refractivity contribution < 1.29 is 19.0 Å². The van der Waals surface area contributed by atoms with E-state index in [2.05, 4.69) is 26.2 Å². The van der Waals surface area contributed by atoms with Gasteiger partial charge < -0.3 is 19.5 Å². The third-order valence-electron chi connectivity index (χ3n) is 3.69. The van der Waals surface area contributed by atoms with Crippen LogP contribution < -0.4 is 19.5 Å². The molecule has 2 heterocycles. The number of halogens is 1. The number of nitrogens with zero attached hydrogens (tertiary/aromatic N) is 1. The predicted octanol–water partition coefficient (Wildman–Crippen LogP) is 4.59. The van der Waals surface area contributed by atoms with E-state index in [9.17, 15) is 4.79 Å². The third-order valence-corrected chi connectivity index (χ3v) is 6.40. The highest BCUT2D eigenvalue weighted by Gasteiger charge is 2.16. The fraction of sp³-hybridized carbons (Fsp3) is 0.222. The van der Waals surface area contributed by atoms with Gasteiger partial charge >= 0.3 is 0 Å². The lowest BCUT2D eigenvalue weighted by molar-refractivity contribution is 0.0946. The topological polar surface area (TPSA) is 69.7 Å². The van der Waals surface area contributed by atoms with Crippen LogP contribution in [0.3, 0.4) is 0 Å². The van der Waals surface area contributed by atoms with Crippen LogP contribution in [0.25, 0.3) is 9.88 Å². The number of rotatable bonds is 7. The zero-order valence-corrected chi connectivity index (χ0v) is 18.1. The highest BCUT2D eigenvalue weighted by molar-refractivity contribution is 9.10. The van der Waals surface area contributed by atoms with Gasteiger partial charge in [-0.05, 0) is 39.7 Å². The summed E-state index contributed by atoms with van der Waals surface area (Å²) in [6.07, 6.45) is 0. The van der Waals surface area contributed by atoms with Gasteiger partial charge in [0, 0.05) is 21.8 Å². The van der Waals surface area contributed by atoms with E-state index in [1.54, 1.807) is 50.2 Å². The van der Waals surface area contributed by atoms with Crippen molar-refractivity contribution in [2.45, 2.75) is 6.54 Å². The van der Waals surface area contributed by atoms with Crippen molar-refractivity contribution in [2.24, 2.45) is 0 Å². The molecule has 2 aromatic heterocycles. The Labute approximate surface area is 173 Å². The monoisotopic (exact) mass is 468 g/mol. The van der Waals surface area contributed by atoms with E-state index in [1.807, 2.05) is 11.4 Å². The number of hydrogen-bond donors (Lipinski definition) is 1. The number of carbonyl (C=O) groups excluding carboxylic acids is 1. The molecule has 0 aliphatic carbocycles. The number of hydrogen-bond acceptors (Lipinski definition) is 7. The zero-order chi connectivity index (χ0) is 19.4. The Kier molecular flexibility index (Phi) is 6.35. The second kappa shape index (κ2) is 8.73. The normalized spacial score (nSPS) is 10.5. The van der Waals surface area contributed by atoms with E-state index in [0.717, 1.165) is 19.9 Å². The minimum atomic E-state index is -0.234. The molecule has 1 amide bonds. The first-order valence-electron chi connectivity index (χ1n) is 7.82. The lowest BCUT2D eigenvalue weighted by atomic mass is 10.1. The number of carbonyl (C=O) groups is 1. The fourth-order valence-corrected chi connectivity index (χ4v) is 4.73. The van der Waals surface area contributed by atoms with Crippen molar-refractivity contribution in [3.05, 3.63) is 44.7 Å². The lowest BCUT2D eigenvalue weighted by Crippen LogP contribution is -2.23. The number of nitrogens with one attached hydrogen (secondary N) is 1. The minimum Gasteiger partial charge on any atom is -0.493 e. The summed E-state index contributed by atoms with van der Waals surface area (Å²) in [5.41, 5.74) is 1.22. The molecule has 0 atom stereocenters. The van der Waals surface area contributed by atoms with Crippen molar-refractivity contribution in [1.29, 1.82) is 0 Å². The molecule has 0 unspecified atom stereocenters. The van der Waals surface area contributed by atoms with Gasteiger partial charge in [-0.15, -0.1) is 22.7 Å². The molecule has 1 N–H and O–H groups in total. The van der Waals surface area contributed by atoms with E-state index < -0.39 is 0 Å². The molecule has 0 aliphatic heterocycles. The van der Waals surface area contributed by atoms with E-state index in [4.69, 9.17) is 14.2 Å². The summed E-state index contributed by atoms with van der Waals surface area (Å²) in [4.78, 5) is 17.9. The van der Waals surface area contributed by atoms with Gasteiger partial charge in [0.05, 0.1) is 26.2 Å². The summed E-state index contributed by atoms with van der Waals surface area (Å²) in [6.45, 7) is 0.312. The molecule has 142 valence electrons. The summed E-state index contributed by atoms with van der Waals surface area (Å²) >= 11 is 6.45. The largest absolute Gasteiger partial charge is 0.493 e. The van der Waals surface area contributed by atoms with Crippen molar-refractivity contribution in [2.75, 3.05) is 21.3 Å². The Hall–Kier alpha value is -2.10. The number of benzene rings is 1. The summed E-state index contributed by atoms with van der Waals surface area (Å²) in [7, 11) is 4.66. The summed E-state index contributed by atoms with van der Waals surface area (Å²) in [5, 5.41) is 7.44. The lowest BCUT2D eigenvalue weighted by Gasteiger charge is -2.14. The molecule has 3 aromatic rings. The summed E-state index contributed by atoms with van der Waals surface area (Å²) < 4.78 is 17.0. The first kappa shape index (κ1) is 19.7. The van der Waals surface area contributed by atoms with Gasteiger partial charge in [0.1, 0.15) is 10.7 Å². The molecule has 6 nitrogen and oxygen atoms in total. The van der Waals surface area contributed by atoms with Crippen molar-refractivity contribution in [3.8, 4) is 27.1 Å². The number of ether oxygens (including phenoxy) is 3. The SMILES string of the molecule is COc1cc(CNC(=O)c2csc(-c3cc(Br)cs3)n2)cc(OC)c1OC. The Morgan fingerprint density at radius 3 is 2.33 bits per heavy atom. The van der Waals surface area contributed by atoms with Gasteiger partial charge in [-0.3, -0.25) is 4.79 Å². The van der Waals surface area contributed by atoms with E-state index in [1.165, 1.54) is 11.3 Å². The van der Waals surface area contributed by atoms with E-state index in [0.29, 0.717) is 29.5 Å². The maximum absolute atomic E-state index is 12.4. The number of thiazole rings is 1. The maximum Gasteiger partial charge on any atom is 0.271 e. The number of aromatic nitrogens is 1. The molecule has 0 fully saturated rings. The first-order valence-corrected chi connectivity index (χ1v) is 10.4. The Morgan fingerprint density at radius 1 is 1.07 bits per heavy atom. The molecule has 0 saturated heterocycles. The Morgan fingerprint density at radius 2 is 1.78 bits per heavy atom. The highest BCUT2D eigenvalue weighted by atomic mass is 79.9. The number of methoxy groups -OCH3 is 3. The number of thiophene rings is 1. The van der Waals surface area contributed by atoms with Crippen molar-refractivity contribution >= 4 is 44.5 Å². The van der Waals surface area contributed by atoms with Gasteiger partial charge in [0.25, 0.3) is 5.91 Å². The molecule has 0 spiro atoms. The molecule has 0 saturated carbocycles. The van der Waals surface area contributed by atoms with Crippen LogP contribution in [0.1, 0.15) is 16.1 Å². The highest BCUT2D eigenvalue weighted by Crippen LogP contribution is 2.38. The molecular formula is C18H17BrN2O4S2. The smallest absolute Gasteiger partial charge is 0.271 e. The van der Waals surface area contributed by atoms with E-state index >= 15 is 0 Å². The van der Waals surface area contributed by atoms with Crippen LogP contribution in [0.15, 0.2) is 33.4 Å². The zero-order valence-electron chi connectivity index (χ0n) is 14.9. The van der Waals surface area contributed by atoms with Crippen LogP contribution >= 0.6 is 38.6 Å². The summed E-state index contributed by atoms with van der Waals surface area (Å²) in [5.74, 6) is 1.36. The van der Waals surface area contributed by atoms with Crippen LogP contribution in [0, 0.1) is 0 Å². The van der Waals surface area contributed by atoms with Gasteiger partial charge in [-0.1, -0.05) is 0 Å². The van der Waals surface area contributed by atoms with Gasteiger partial charge in [-0.25, -0.2) is 4.98 Å². The number of amides is 1. The van der Waals surface area contributed by atoms with Gasteiger partial charge in [-0.2, -0.15) is 0 Å². The molecule has 3 rings (SSSR count). The maximum atomic E-state index is 12.4. The molecule has 27 heavy (non-hydrogen) atoms. The van der Waals surface area contributed by atoms with Gasteiger partial charge in [0.15, 0.2) is 11.5 Å². The predicted molar refractivity (Wildman–Crippen MR) is 110 cm³/mol. The van der Waals surface area contributed by atoms with E-state index in [-0.39, 0.29) is 5.91 Å². The molecule has 1 aromatic carbocycles. The fourth-order valence-electron chi connectivity index (χ4n) is 2.43. The average Bonchev–Trinajstić information content (AvgIpc) is 3.34. The minimum absolute atomic E-state index is 0.234. The third kappa shape index (κ3) is 4.42. The quantitative estimate of drug-likeness (QED) is 0.548. The summed E-state index contributed by atoms with van der Waals surface area (Å²) in [6, 6.07) is 5.59. The van der Waals surface area contributed by atoms with Crippen LogP contribution in [0.4, 0.5) is 0 Å². The van der Waals surface area contributed by atoms with Crippen molar-refractivity contribution in [1.82, 2.24) is 10.3 Å². The second-order valence-electron chi connectivity index (χ2n) is 5.38. The van der Waals surface area contributed by atoms with Crippen LogP contribution in [0.2, 0.25) is 0 Å². The standard InChI is InChI=1S/C18H17BrN2O4S2/c1-23-13-4-10(5-14(24-2)16(13)25-3)7-20-17(22)12-9-27-18(21-12)15-6-11(19)8-26-15/h4-6,8-9H,7H2,1-3H3,(H,20,22). The Balaban J connectivity index is 1.71. The van der Waals surface area contributed by atoms with Crippen molar-refractivity contribution in [3.63, 3.8) is 0 Å². The molecule has 0 radical (unpaired) electrons. The van der Waals surface area contributed by atoms with Crippen LogP contribution in [-0.2, 0) is 6.54 Å². The molecular weight excluding hydrogens is 452 g/mol. The average molecular weight is 469 g/mol. The van der Waals surface area contributed by atoms with Crippen LogP contribution in [0.5, 0.6) is 17.2 Å². The molecule has 9 heteroatoms. The second-order valence-corrected chi connectivity index (χ2v) is 8.07. The Bertz CT molecular complexity index is 929. The van der Waals surface area contributed by atoms with Crippen LogP contribution in [-0.4, -0.2) is 32.2 Å². The first-order chi connectivity index (χ1) is 13.0. The molecule has 0 aliphatic rings.